The highest BCUT2D eigenvalue weighted by Crippen LogP contribution is 2.29. The molecule has 2 heterocycles. The van der Waals surface area contributed by atoms with Gasteiger partial charge in [-0.2, -0.15) is 0 Å². The molecule has 0 aliphatic rings. The van der Waals surface area contributed by atoms with Gasteiger partial charge in [0.2, 0.25) is 5.95 Å². The Morgan fingerprint density at radius 3 is 2.59 bits per heavy atom. The average molecular weight is 390 g/mol. The van der Waals surface area contributed by atoms with Gasteiger partial charge in [-0.15, -0.1) is 0 Å². The van der Waals surface area contributed by atoms with Gasteiger partial charge in [-0.25, -0.2) is 9.97 Å². The molecule has 0 atom stereocenters. The Balaban J connectivity index is 1.73. The summed E-state index contributed by atoms with van der Waals surface area (Å²) in [4.78, 5) is 27.3. The number of amides is 1. The van der Waals surface area contributed by atoms with Crippen molar-refractivity contribution < 1.29 is 4.79 Å². The maximum absolute atomic E-state index is 12.8. The van der Waals surface area contributed by atoms with Crippen molar-refractivity contribution in [3.63, 3.8) is 0 Å². The van der Waals surface area contributed by atoms with Gasteiger partial charge in [0.15, 0.2) is 0 Å². The zero-order valence-electron chi connectivity index (χ0n) is 17.4. The number of aryl methyl sites for hydroxylation is 1. The fourth-order valence-corrected chi connectivity index (χ4v) is 3.14. The zero-order chi connectivity index (χ0) is 20.8. The maximum Gasteiger partial charge on any atom is 0.272 e. The first-order valence-electron chi connectivity index (χ1n) is 9.79. The van der Waals surface area contributed by atoms with E-state index in [1.807, 2.05) is 12.1 Å². The second kappa shape index (κ2) is 9.28. The minimum atomic E-state index is -0.127. The van der Waals surface area contributed by atoms with Crippen LogP contribution in [0.3, 0.4) is 0 Å². The highest BCUT2D eigenvalue weighted by molar-refractivity contribution is 5.92. The second-order valence-electron chi connectivity index (χ2n) is 7.42. The van der Waals surface area contributed by atoms with E-state index in [2.05, 4.69) is 59.2 Å². The van der Waals surface area contributed by atoms with Crippen molar-refractivity contribution >= 4 is 17.5 Å². The first-order chi connectivity index (χ1) is 14.0. The van der Waals surface area contributed by atoms with Crippen molar-refractivity contribution in [1.82, 2.24) is 19.9 Å². The Hall–Kier alpha value is -3.28. The number of rotatable bonds is 7. The summed E-state index contributed by atoms with van der Waals surface area (Å²) >= 11 is 0. The molecule has 0 bridgehead atoms. The maximum atomic E-state index is 12.8. The normalized spacial score (nSPS) is 10.8. The molecule has 0 aliphatic heterocycles. The number of anilines is 2. The van der Waals surface area contributed by atoms with Gasteiger partial charge >= 0.3 is 0 Å². The summed E-state index contributed by atoms with van der Waals surface area (Å²) in [6, 6.07) is 11.8. The molecular weight excluding hydrogens is 362 g/mol. The summed E-state index contributed by atoms with van der Waals surface area (Å²) in [5.41, 5.74) is 4.83. The van der Waals surface area contributed by atoms with Crippen LogP contribution in [0.1, 0.15) is 46.9 Å². The summed E-state index contributed by atoms with van der Waals surface area (Å²) < 4.78 is 0. The molecule has 1 amide bonds. The van der Waals surface area contributed by atoms with Crippen LogP contribution in [-0.4, -0.2) is 39.4 Å². The van der Waals surface area contributed by atoms with Gasteiger partial charge in [0.25, 0.3) is 5.91 Å². The number of pyridine rings is 1. The van der Waals surface area contributed by atoms with E-state index in [1.54, 1.807) is 36.6 Å². The lowest BCUT2D eigenvalue weighted by Gasteiger charge is -2.18. The van der Waals surface area contributed by atoms with Crippen molar-refractivity contribution in [2.45, 2.75) is 33.1 Å². The van der Waals surface area contributed by atoms with Crippen LogP contribution in [0.4, 0.5) is 11.6 Å². The molecular formula is C23H27N5O. The molecule has 0 aliphatic carbocycles. The van der Waals surface area contributed by atoms with Gasteiger partial charge in [-0.3, -0.25) is 9.78 Å². The topological polar surface area (TPSA) is 71.0 Å². The molecule has 2 aromatic heterocycles. The molecule has 150 valence electrons. The molecule has 29 heavy (non-hydrogen) atoms. The van der Waals surface area contributed by atoms with Gasteiger partial charge in [-0.1, -0.05) is 32.0 Å². The first kappa shape index (κ1) is 20.5. The van der Waals surface area contributed by atoms with Crippen LogP contribution < -0.4 is 5.32 Å². The first-order valence-corrected chi connectivity index (χ1v) is 9.79. The zero-order valence-corrected chi connectivity index (χ0v) is 17.4. The number of aromatic nitrogens is 3. The molecule has 6 heteroatoms. The minimum Gasteiger partial charge on any atom is -0.340 e. The van der Waals surface area contributed by atoms with E-state index in [4.69, 9.17) is 0 Å². The van der Waals surface area contributed by atoms with Crippen molar-refractivity contribution in [3.8, 4) is 0 Å². The van der Waals surface area contributed by atoms with Gasteiger partial charge in [0.1, 0.15) is 5.69 Å². The highest BCUT2D eigenvalue weighted by Gasteiger charge is 2.15. The second-order valence-corrected chi connectivity index (χ2v) is 7.42. The van der Waals surface area contributed by atoms with Crippen LogP contribution in [0.15, 0.2) is 55.0 Å². The molecule has 1 aromatic carbocycles. The van der Waals surface area contributed by atoms with E-state index in [0.717, 1.165) is 23.2 Å². The lowest BCUT2D eigenvalue weighted by Crippen LogP contribution is -2.29. The summed E-state index contributed by atoms with van der Waals surface area (Å²) in [7, 11) is 1.79. The number of carbonyl (C=O) groups is 1. The summed E-state index contributed by atoms with van der Waals surface area (Å²) in [5, 5.41) is 3.31. The fourth-order valence-electron chi connectivity index (χ4n) is 3.14. The van der Waals surface area contributed by atoms with Crippen LogP contribution in [0, 0.1) is 6.92 Å². The molecule has 0 saturated heterocycles. The van der Waals surface area contributed by atoms with E-state index >= 15 is 0 Å². The van der Waals surface area contributed by atoms with Crippen molar-refractivity contribution in [2.75, 3.05) is 18.9 Å². The number of para-hydroxylation sites is 1. The largest absolute Gasteiger partial charge is 0.340 e. The number of hydrogen-bond donors (Lipinski definition) is 1. The lowest BCUT2D eigenvalue weighted by molar-refractivity contribution is 0.0791. The van der Waals surface area contributed by atoms with Gasteiger partial charge < -0.3 is 10.2 Å². The van der Waals surface area contributed by atoms with Crippen LogP contribution >= 0.6 is 0 Å². The lowest BCUT2D eigenvalue weighted by atomic mass is 9.98. The third kappa shape index (κ3) is 5.16. The predicted octanol–water partition coefficient (Wildman–Crippen LogP) is 4.36. The predicted molar refractivity (Wildman–Crippen MR) is 115 cm³/mol. The van der Waals surface area contributed by atoms with Crippen LogP contribution in [-0.2, 0) is 6.42 Å². The van der Waals surface area contributed by atoms with E-state index in [0.29, 0.717) is 24.1 Å². The SMILES string of the molecule is Cc1cccc(C(C)C)c1Nc1nccc(C(=O)N(C)CCc2ccncc2)n1. The number of likely N-dealkylation sites (N-methyl/N-ethyl adjacent to an activating group) is 1. The number of benzene rings is 1. The molecule has 1 N–H and O–H groups in total. The molecule has 3 aromatic rings. The Bertz CT molecular complexity index is 972. The molecule has 6 nitrogen and oxygen atoms in total. The summed E-state index contributed by atoms with van der Waals surface area (Å²) in [6.45, 7) is 6.96. The average Bonchev–Trinajstić information content (AvgIpc) is 2.73. The number of nitrogens with one attached hydrogen (secondary N) is 1. The molecule has 0 radical (unpaired) electrons. The molecule has 0 unspecified atom stereocenters. The van der Waals surface area contributed by atoms with Gasteiger partial charge in [0.05, 0.1) is 0 Å². The van der Waals surface area contributed by atoms with Gasteiger partial charge in [0, 0.05) is 37.9 Å². The van der Waals surface area contributed by atoms with Crippen molar-refractivity contribution in [2.24, 2.45) is 0 Å². The highest BCUT2D eigenvalue weighted by atomic mass is 16.2. The molecule has 0 fully saturated rings. The number of carbonyl (C=O) groups excluding carboxylic acids is 1. The van der Waals surface area contributed by atoms with E-state index in [-0.39, 0.29) is 5.91 Å². The Morgan fingerprint density at radius 1 is 1.10 bits per heavy atom. The number of nitrogens with zero attached hydrogens (tertiary/aromatic N) is 4. The fraction of sp³-hybridized carbons (Fsp3) is 0.304. The minimum absolute atomic E-state index is 0.127. The van der Waals surface area contributed by atoms with Crippen molar-refractivity contribution in [1.29, 1.82) is 0 Å². The molecule has 0 spiro atoms. The monoisotopic (exact) mass is 389 g/mol. The van der Waals surface area contributed by atoms with Crippen LogP contribution in [0.25, 0.3) is 0 Å². The number of hydrogen-bond acceptors (Lipinski definition) is 5. The molecule has 3 rings (SSSR count). The molecule has 0 saturated carbocycles. The summed E-state index contributed by atoms with van der Waals surface area (Å²) in [6.07, 6.45) is 5.90. The van der Waals surface area contributed by atoms with Gasteiger partial charge in [-0.05, 0) is 54.2 Å². The van der Waals surface area contributed by atoms with Crippen LogP contribution in [0.2, 0.25) is 0 Å². The third-order valence-corrected chi connectivity index (χ3v) is 4.87. The standard InChI is InChI=1S/C23H27N5O/c1-16(2)19-7-5-6-17(3)21(19)27-23-25-14-10-20(26-23)22(29)28(4)15-11-18-8-12-24-13-9-18/h5-10,12-14,16H,11,15H2,1-4H3,(H,25,26,27). The van der Waals surface area contributed by atoms with E-state index in [9.17, 15) is 4.79 Å². The third-order valence-electron chi connectivity index (χ3n) is 4.87. The van der Waals surface area contributed by atoms with E-state index < -0.39 is 0 Å². The Morgan fingerprint density at radius 2 is 1.86 bits per heavy atom. The Labute approximate surface area is 172 Å². The summed E-state index contributed by atoms with van der Waals surface area (Å²) in [5.74, 6) is 0.662. The Kier molecular flexibility index (Phi) is 6.54. The quantitative estimate of drug-likeness (QED) is 0.650. The van der Waals surface area contributed by atoms with E-state index in [1.165, 1.54) is 5.56 Å². The smallest absolute Gasteiger partial charge is 0.272 e. The van der Waals surface area contributed by atoms with Crippen LogP contribution in [0.5, 0.6) is 0 Å². The van der Waals surface area contributed by atoms with Crippen molar-refractivity contribution in [3.05, 3.63) is 77.4 Å².